The molecule has 0 radical (unpaired) electrons. The molecule has 1 amide bonds. The van der Waals surface area contributed by atoms with Gasteiger partial charge in [0, 0.05) is 50.3 Å². The van der Waals surface area contributed by atoms with Gasteiger partial charge in [0.15, 0.2) is 0 Å². The highest BCUT2D eigenvalue weighted by atomic mass is 16.5. The summed E-state index contributed by atoms with van der Waals surface area (Å²) < 4.78 is 11.3. The normalized spacial score (nSPS) is 18.8. The summed E-state index contributed by atoms with van der Waals surface area (Å²) in [5.74, 6) is 0.994. The van der Waals surface area contributed by atoms with E-state index in [1.807, 2.05) is 53.2 Å². The molecule has 2 aliphatic rings. The van der Waals surface area contributed by atoms with Crippen molar-refractivity contribution < 1.29 is 14.3 Å². The smallest absolute Gasteiger partial charge is 0.224 e. The molecule has 31 heavy (non-hydrogen) atoms. The summed E-state index contributed by atoms with van der Waals surface area (Å²) in [6.45, 7) is 5.31. The number of hydrogen-bond donors (Lipinski definition) is 0. The minimum Gasteiger partial charge on any atom is -0.497 e. The Bertz CT molecular complexity index is 946. The Kier molecular flexibility index (Phi) is 6.82. The number of hydrazone groups is 1. The van der Waals surface area contributed by atoms with Gasteiger partial charge in [-0.15, -0.1) is 0 Å². The van der Waals surface area contributed by atoms with E-state index in [1.165, 1.54) is 0 Å². The van der Waals surface area contributed by atoms with E-state index in [0.717, 1.165) is 47.8 Å². The third-order valence-corrected chi connectivity index (χ3v) is 5.72. The monoisotopic (exact) mass is 422 g/mol. The van der Waals surface area contributed by atoms with Crippen LogP contribution in [-0.2, 0) is 16.0 Å². The SMILES string of the molecule is COc1cccc(Cc2cccc([C@@H]3CN(C(=O)CCN4CCC(C)=N4)CCO3)n2)c1. The standard InChI is InChI=1S/C24H30N4O3/c1-18-9-11-28(26-18)12-10-24(29)27-13-14-31-23(17-27)22-8-4-6-20(25-22)15-19-5-3-7-21(16-19)30-2/h3-8,16,23H,9-15,17H2,1-2H3/t23-/m0/s1. The summed E-state index contributed by atoms with van der Waals surface area (Å²) >= 11 is 0. The summed E-state index contributed by atoms with van der Waals surface area (Å²) in [5, 5.41) is 6.45. The van der Waals surface area contributed by atoms with Gasteiger partial charge in [-0.1, -0.05) is 18.2 Å². The van der Waals surface area contributed by atoms with E-state index in [-0.39, 0.29) is 12.0 Å². The van der Waals surface area contributed by atoms with Crippen molar-refractivity contribution in [2.45, 2.75) is 32.3 Å². The van der Waals surface area contributed by atoms with Crippen molar-refractivity contribution in [2.24, 2.45) is 5.10 Å². The molecule has 1 aromatic heterocycles. The van der Waals surface area contributed by atoms with Gasteiger partial charge in [0.2, 0.25) is 5.91 Å². The number of methoxy groups -OCH3 is 1. The lowest BCUT2D eigenvalue weighted by atomic mass is 10.1. The highest BCUT2D eigenvalue weighted by Crippen LogP contribution is 2.23. The quantitative estimate of drug-likeness (QED) is 0.686. The summed E-state index contributed by atoms with van der Waals surface area (Å²) in [6.07, 6.45) is 1.99. The zero-order valence-corrected chi connectivity index (χ0v) is 18.3. The maximum atomic E-state index is 12.7. The lowest BCUT2D eigenvalue weighted by Gasteiger charge is -2.33. The van der Waals surface area contributed by atoms with Crippen LogP contribution in [0.3, 0.4) is 0 Å². The van der Waals surface area contributed by atoms with Gasteiger partial charge in [-0.2, -0.15) is 5.10 Å². The lowest BCUT2D eigenvalue weighted by Crippen LogP contribution is -2.43. The topological polar surface area (TPSA) is 67.3 Å². The molecule has 3 heterocycles. The van der Waals surface area contributed by atoms with Crippen LogP contribution in [0, 0.1) is 0 Å². The van der Waals surface area contributed by atoms with Gasteiger partial charge >= 0.3 is 0 Å². The van der Waals surface area contributed by atoms with Crippen LogP contribution >= 0.6 is 0 Å². The third kappa shape index (κ3) is 5.61. The van der Waals surface area contributed by atoms with Crippen molar-refractivity contribution in [3.8, 4) is 5.75 Å². The zero-order valence-electron chi connectivity index (χ0n) is 18.3. The number of nitrogens with zero attached hydrogens (tertiary/aromatic N) is 4. The number of carbonyl (C=O) groups is 1. The molecule has 2 aromatic rings. The second kappa shape index (κ2) is 9.92. The van der Waals surface area contributed by atoms with Crippen LogP contribution in [0.5, 0.6) is 5.75 Å². The minimum atomic E-state index is -0.199. The molecule has 0 aliphatic carbocycles. The molecular formula is C24H30N4O3. The predicted molar refractivity (Wildman–Crippen MR) is 119 cm³/mol. The fourth-order valence-corrected chi connectivity index (χ4v) is 4.00. The Balaban J connectivity index is 1.36. The minimum absolute atomic E-state index is 0.153. The van der Waals surface area contributed by atoms with Crippen LogP contribution in [0.15, 0.2) is 47.6 Å². The number of benzene rings is 1. The fourth-order valence-electron chi connectivity index (χ4n) is 4.00. The number of hydrogen-bond acceptors (Lipinski definition) is 6. The molecule has 1 fully saturated rings. The van der Waals surface area contributed by atoms with Crippen LogP contribution in [0.4, 0.5) is 0 Å². The molecule has 0 spiro atoms. The van der Waals surface area contributed by atoms with Crippen molar-refractivity contribution in [1.29, 1.82) is 0 Å². The largest absolute Gasteiger partial charge is 0.497 e. The van der Waals surface area contributed by atoms with Gasteiger partial charge < -0.3 is 14.4 Å². The van der Waals surface area contributed by atoms with Crippen LogP contribution in [-0.4, -0.2) is 66.4 Å². The van der Waals surface area contributed by atoms with Gasteiger partial charge in [-0.25, -0.2) is 0 Å². The first-order valence-corrected chi connectivity index (χ1v) is 10.9. The van der Waals surface area contributed by atoms with Gasteiger partial charge in [0.25, 0.3) is 0 Å². The third-order valence-electron chi connectivity index (χ3n) is 5.72. The van der Waals surface area contributed by atoms with Crippen LogP contribution in [0.1, 0.15) is 42.8 Å². The molecule has 7 nitrogen and oxygen atoms in total. The van der Waals surface area contributed by atoms with Gasteiger partial charge in [0.1, 0.15) is 11.9 Å². The molecule has 2 aliphatic heterocycles. The van der Waals surface area contributed by atoms with E-state index in [1.54, 1.807) is 7.11 Å². The second-order valence-corrected chi connectivity index (χ2v) is 8.07. The summed E-state index contributed by atoms with van der Waals surface area (Å²) in [6, 6.07) is 14.0. The summed E-state index contributed by atoms with van der Waals surface area (Å²) in [5.41, 5.74) is 4.13. The molecule has 0 bridgehead atoms. The van der Waals surface area contributed by atoms with E-state index in [0.29, 0.717) is 32.7 Å². The molecule has 1 atom stereocenters. The maximum absolute atomic E-state index is 12.7. The predicted octanol–water partition coefficient (Wildman–Crippen LogP) is 3.05. The number of ether oxygens (including phenoxy) is 2. The van der Waals surface area contributed by atoms with Crippen molar-refractivity contribution in [1.82, 2.24) is 14.9 Å². The molecule has 4 rings (SSSR count). The second-order valence-electron chi connectivity index (χ2n) is 8.07. The Labute approximate surface area is 183 Å². The Morgan fingerprint density at radius 3 is 2.90 bits per heavy atom. The van der Waals surface area contributed by atoms with Crippen LogP contribution < -0.4 is 4.74 Å². The molecule has 164 valence electrons. The summed E-state index contributed by atoms with van der Waals surface area (Å²) in [4.78, 5) is 19.5. The van der Waals surface area contributed by atoms with Crippen molar-refractivity contribution in [3.05, 3.63) is 59.4 Å². The highest BCUT2D eigenvalue weighted by molar-refractivity contribution is 5.83. The summed E-state index contributed by atoms with van der Waals surface area (Å²) in [7, 11) is 1.67. The first-order valence-electron chi connectivity index (χ1n) is 10.9. The zero-order chi connectivity index (χ0) is 21.6. The molecule has 0 N–H and O–H groups in total. The number of carbonyl (C=O) groups excluding carboxylic acids is 1. The van der Waals surface area contributed by atoms with E-state index < -0.39 is 0 Å². The van der Waals surface area contributed by atoms with E-state index in [9.17, 15) is 4.79 Å². The Hall–Kier alpha value is -2.93. The fraction of sp³-hybridized carbons (Fsp3) is 0.458. The van der Waals surface area contributed by atoms with Crippen molar-refractivity contribution >= 4 is 11.6 Å². The molecule has 1 saturated heterocycles. The first-order chi connectivity index (χ1) is 15.1. The van der Waals surface area contributed by atoms with E-state index >= 15 is 0 Å². The molecule has 0 unspecified atom stereocenters. The number of amides is 1. The number of morpholine rings is 1. The average molecular weight is 423 g/mol. The number of pyridine rings is 1. The van der Waals surface area contributed by atoms with Crippen LogP contribution in [0.25, 0.3) is 0 Å². The number of rotatable bonds is 7. The van der Waals surface area contributed by atoms with Crippen molar-refractivity contribution in [3.63, 3.8) is 0 Å². The number of aromatic nitrogens is 1. The Morgan fingerprint density at radius 2 is 2.10 bits per heavy atom. The highest BCUT2D eigenvalue weighted by Gasteiger charge is 2.26. The lowest BCUT2D eigenvalue weighted by molar-refractivity contribution is -0.139. The van der Waals surface area contributed by atoms with Crippen molar-refractivity contribution in [2.75, 3.05) is 39.9 Å². The average Bonchev–Trinajstić information content (AvgIpc) is 3.23. The van der Waals surface area contributed by atoms with Gasteiger partial charge in [0.05, 0.1) is 26.0 Å². The van der Waals surface area contributed by atoms with Gasteiger partial charge in [-0.3, -0.25) is 14.8 Å². The first kappa shape index (κ1) is 21.3. The molecule has 0 saturated carbocycles. The molecule has 7 heteroatoms. The van der Waals surface area contributed by atoms with Gasteiger partial charge in [-0.05, 0) is 36.8 Å². The maximum Gasteiger partial charge on any atom is 0.224 e. The Morgan fingerprint density at radius 1 is 1.23 bits per heavy atom. The molecule has 1 aromatic carbocycles. The molecular weight excluding hydrogens is 392 g/mol. The van der Waals surface area contributed by atoms with Crippen LogP contribution in [0.2, 0.25) is 0 Å². The van der Waals surface area contributed by atoms with E-state index in [2.05, 4.69) is 11.2 Å². The van der Waals surface area contributed by atoms with E-state index in [4.69, 9.17) is 14.5 Å².